The number of nitrogens with one attached hydrogen (secondary N) is 2. The lowest BCUT2D eigenvalue weighted by atomic mass is 9.77. The zero-order valence-corrected chi connectivity index (χ0v) is 59.3. The molecule has 0 saturated carbocycles. The smallest absolute Gasteiger partial charge is 0.455 e. The number of nitrogens with zero attached hydrogens (tertiary/aromatic N) is 6. The summed E-state index contributed by atoms with van der Waals surface area (Å²) in [6.45, 7) is 7.58. The van der Waals surface area contributed by atoms with Gasteiger partial charge in [0.15, 0.2) is 0 Å². The SMILES string of the molecule is C.CNC(=O)c1c(-c2ccc(F)cc2)oc2cc(N(C)S(C)(=O)=O)c(-c3cncc(-c4nc5c(F)cccc5s4)c3)cc12.CNC(=O)c1c(-c2ccc(F)cc2)oc2cc(N(C)S(C)(=O)=O)c(B3OC(C)(C)C(C)(C)O3)cc12.Fc1cccc2sc(-c3cncc(Br)c3)nc12.I. The minimum atomic E-state index is -3.72. The average molecular weight is 1560 g/mol. The number of thiazole rings is 2. The van der Waals surface area contributed by atoms with Crippen LogP contribution in [0.1, 0.15) is 55.8 Å². The number of anilines is 2. The van der Waals surface area contributed by atoms with Crippen LogP contribution in [0.2, 0.25) is 0 Å². The molecule has 7 heterocycles. The highest BCUT2D eigenvalue weighted by molar-refractivity contribution is 14.0. The molecule has 0 unspecified atom stereocenters. The van der Waals surface area contributed by atoms with E-state index in [1.807, 2.05) is 39.8 Å². The highest BCUT2D eigenvalue weighted by Crippen LogP contribution is 2.44. The Morgan fingerprint density at radius 3 is 1.42 bits per heavy atom. The second kappa shape index (κ2) is 28.1. The van der Waals surface area contributed by atoms with Crippen molar-refractivity contribution in [3.05, 3.63) is 185 Å². The Balaban J connectivity index is 0.000000180. The first kappa shape index (κ1) is 72.1. The largest absolute Gasteiger partial charge is 0.497 e. The van der Waals surface area contributed by atoms with E-state index in [1.54, 1.807) is 73.3 Å². The maximum absolute atomic E-state index is 14.3. The summed E-state index contributed by atoms with van der Waals surface area (Å²) in [7, 11) is -2.46. The number of furan rings is 2. The third-order valence-corrected chi connectivity index (χ3v) is 20.9. The molecule has 18 nitrogen and oxygen atoms in total. The normalized spacial score (nSPS) is 13.3. The fourth-order valence-electron chi connectivity index (χ4n) is 10.2. The van der Waals surface area contributed by atoms with Crippen LogP contribution in [0, 0.1) is 23.3 Å². The molecule has 0 aliphatic carbocycles. The van der Waals surface area contributed by atoms with Crippen LogP contribution >= 0.6 is 62.6 Å². The number of benzene rings is 6. The summed E-state index contributed by atoms with van der Waals surface area (Å²) >= 11 is 6.12. The zero-order chi connectivity index (χ0) is 67.5. The van der Waals surface area contributed by atoms with Crippen LogP contribution in [-0.4, -0.2) is 108 Å². The Bertz CT molecular complexity index is 5200. The summed E-state index contributed by atoms with van der Waals surface area (Å²) in [5, 5.41) is 7.41. The summed E-state index contributed by atoms with van der Waals surface area (Å²) in [6.07, 6.45) is 8.76. The van der Waals surface area contributed by atoms with Crippen LogP contribution in [0.3, 0.4) is 0 Å². The minimum absolute atomic E-state index is 0. The third-order valence-electron chi connectivity index (χ3n) is 15.9. The van der Waals surface area contributed by atoms with E-state index in [4.69, 9.17) is 18.1 Å². The van der Waals surface area contributed by atoms with Crippen LogP contribution in [0.4, 0.5) is 28.9 Å². The highest BCUT2D eigenvalue weighted by atomic mass is 127. The lowest BCUT2D eigenvalue weighted by Gasteiger charge is -2.32. The highest BCUT2D eigenvalue weighted by Gasteiger charge is 2.53. The molecule has 6 aromatic carbocycles. The van der Waals surface area contributed by atoms with Gasteiger partial charge in [0.05, 0.1) is 55.6 Å². The maximum Gasteiger partial charge on any atom is 0.497 e. The van der Waals surface area contributed by atoms with E-state index in [9.17, 15) is 44.0 Å². The zero-order valence-electron chi connectivity index (χ0n) is 52.1. The van der Waals surface area contributed by atoms with Gasteiger partial charge in [0.1, 0.15) is 67.0 Å². The molecule has 0 bridgehead atoms. The molecular formula is C67H61BBrF4IN8O10S4. The molecule has 96 heavy (non-hydrogen) atoms. The van der Waals surface area contributed by atoms with Gasteiger partial charge in [-0.05, 0) is 141 Å². The third kappa shape index (κ3) is 14.4. The monoisotopic (exact) mass is 1560 g/mol. The fourth-order valence-corrected chi connectivity index (χ4v) is 13.5. The number of halogens is 6. The molecule has 0 radical (unpaired) electrons. The molecule has 0 atom stereocenters. The van der Waals surface area contributed by atoms with Crippen molar-refractivity contribution in [2.75, 3.05) is 49.3 Å². The van der Waals surface area contributed by atoms with Gasteiger partial charge in [0, 0.05) is 119 Å². The Morgan fingerprint density at radius 1 is 0.562 bits per heavy atom. The number of carbonyl (C=O) groups is 2. The van der Waals surface area contributed by atoms with Gasteiger partial charge in [-0.1, -0.05) is 19.6 Å². The molecule has 1 aliphatic rings. The van der Waals surface area contributed by atoms with Gasteiger partial charge in [0.25, 0.3) is 11.8 Å². The van der Waals surface area contributed by atoms with Gasteiger partial charge >= 0.3 is 7.12 Å². The number of amides is 2. The lowest BCUT2D eigenvalue weighted by molar-refractivity contribution is 0.00578. The summed E-state index contributed by atoms with van der Waals surface area (Å²) < 4.78 is 135. The molecule has 2 N–H and O–H groups in total. The van der Waals surface area contributed by atoms with Gasteiger partial charge in [-0.3, -0.25) is 28.2 Å². The Hall–Kier alpha value is -8.17. The van der Waals surface area contributed by atoms with E-state index in [2.05, 4.69) is 46.5 Å². The molecule has 1 aliphatic heterocycles. The van der Waals surface area contributed by atoms with Gasteiger partial charge in [0.2, 0.25) is 20.0 Å². The van der Waals surface area contributed by atoms with E-state index in [-0.39, 0.29) is 82.2 Å². The van der Waals surface area contributed by atoms with Crippen LogP contribution in [-0.2, 0) is 29.4 Å². The molecule has 12 aromatic rings. The number of pyridine rings is 2. The average Bonchev–Trinajstić information content (AvgIpc) is 1.57. The van der Waals surface area contributed by atoms with Crippen LogP contribution in [0.5, 0.6) is 0 Å². The summed E-state index contributed by atoms with van der Waals surface area (Å²) in [6, 6.07) is 30.9. The van der Waals surface area contributed by atoms with Crippen molar-refractivity contribution < 1.29 is 62.1 Å². The Labute approximate surface area is 584 Å². The predicted octanol–water partition coefficient (Wildman–Crippen LogP) is 15.3. The number of para-hydroxylation sites is 2. The number of rotatable bonds is 12. The van der Waals surface area contributed by atoms with Crippen molar-refractivity contribution in [2.24, 2.45) is 0 Å². The molecular weight excluding hydrogens is 1500 g/mol. The molecule has 0 spiro atoms. The maximum atomic E-state index is 14.3. The van der Waals surface area contributed by atoms with Crippen molar-refractivity contribution >= 4 is 161 Å². The van der Waals surface area contributed by atoms with E-state index in [1.165, 1.54) is 112 Å². The first-order valence-corrected chi connectivity index (χ1v) is 34.6. The fraction of sp³-hybridized carbons (Fsp3) is 0.194. The second-order valence-electron chi connectivity index (χ2n) is 22.7. The summed E-state index contributed by atoms with van der Waals surface area (Å²) in [4.78, 5) is 43.3. The Morgan fingerprint density at radius 2 is 0.979 bits per heavy atom. The van der Waals surface area contributed by atoms with E-state index in [0.29, 0.717) is 65.0 Å². The summed E-state index contributed by atoms with van der Waals surface area (Å²) in [5.41, 5.74) is 4.77. The van der Waals surface area contributed by atoms with Crippen molar-refractivity contribution in [1.82, 2.24) is 30.6 Å². The quantitative estimate of drug-likeness (QED) is 0.0659. The standard InChI is InChI=1S/C30H22F2N4O4S2.C24H28BFN2O6S.C12H6BrFN2S.CH4.HI/c1-33-29(37)26-21-12-20(17-11-18(15-34-14-17)30-35-27-22(32)5-4-6-25(27)41-30)23(36(2)42(3,38)39)13-24(21)40-28(26)16-7-9-19(31)10-8-16;1-23(2)24(3,4)34-25(33-23)17-12-16-19(13-18(17)28(6)35(7,30)31)32-21(20(16)22(29)27-5)14-8-10-15(26)11-9-14;13-8-4-7(5-15-6-8)12-16-11-9(14)2-1-3-10(11)17-12;;/h4-15H,1-3H3,(H,33,37);8-13H,1-7H3,(H,27,29);1-6H;1H4;1H. The van der Waals surface area contributed by atoms with Crippen molar-refractivity contribution in [3.8, 4) is 54.9 Å². The van der Waals surface area contributed by atoms with E-state index >= 15 is 0 Å². The predicted molar refractivity (Wildman–Crippen MR) is 387 cm³/mol. The van der Waals surface area contributed by atoms with Gasteiger partial charge in [-0.25, -0.2) is 44.4 Å². The first-order valence-electron chi connectivity index (χ1n) is 28.5. The van der Waals surface area contributed by atoms with Crippen molar-refractivity contribution in [3.63, 3.8) is 0 Å². The van der Waals surface area contributed by atoms with E-state index < -0.39 is 67.6 Å². The first-order chi connectivity index (χ1) is 44.4. The van der Waals surface area contributed by atoms with Gasteiger partial charge < -0.3 is 28.8 Å². The van der Waals surface area contributed by atoms with Crippen molar-refractivity contribution in [2.45, 2.75) is 46.3 Å². The molecule has 6 aromatic heterocycles. The minimum Gasteiger partial charge on any atom is -0.455 e. The second-order valence-corrected chi connectivity index (χ2v) is 29.7. The summed E-state index contributed by atoms with van der Waals surface area (Å²) in [5.74, 6) is -1.99. The molecule has 1 saturated heterocycles. The topological polar surface area (TPSA) is 229 Å². The van der Waals surface area contributed by atoms with Crippen LogP contribution in [0.15, 0.2) is 159 Å². The number of fused-ring (bicyclic) bond motifs is 4. The molecule has 29 heteroatoms. The number of aromatic nitrogens is 4. The number of sulfonamides is 2. The lowest BCUT2D eigenvalue weighted by Crippen LogP contribution is -2.41. The molecule has 498 valence electrons. The number of hydrogen-bond donors (Lipinski definition) is 2. The van der Waals surface area contributed by atoms with Crippen molar-refractivity contribution in [1.29, 1.82) is 0 Å². The molecule has 1 fully saturated rings. The molecule has 13 rings (SSSR count). The van der Waals surface area contributed by atoms with Gasteiger partial charge in [-0.2, -0.15) is 0 Å². The van der Waals surface area contributed by atoms with E-state index in [0.717, 1.165) is 40.9 Å². The van der Waals surface area contributed by atoms with Crippen LogP contribution < -0.4 is 24.7 Å². The van der Waals surface area contributed by atoms with Crippen LogP contribution in [0.25, 0.3) is 97.3 Å². The number of carbonyl (C=O) groups excluding carboxylic acids is 2. The number of hydrogen-bond acceptors (Lipinski definition) is 16. The van der Waals surface area contributed by atoms with Gasteiger partial charge in [-0.15, -0.1) is 46.7 Å². The molecule has 2 amide bonds. The Kier molecular flexibility index (Phi) is 21.1.